The van der Waals surface area contributed by atoms with Crippen molar-refractivity contribution in [2.24, 2.45) is 0 Å². The van der Waals surface area contributed by atoms with Crippen LogP contribution in [-0.2, 0) is 4.74 Å². The first-order valence-corrected chi connectivity index (χ1v) is 8.18. The van der Waals surface area contributed by atoms with E-state index in [1.54, 1.807) is 0 Å². The summed E-state index contributed by atoms with van der Waals surface area (Å²) < 4.78 is 5.37. The SMILES string of the molecule is Nc1ccc(-c2cccnc2NCCCN2CCOCC2)cc1. The Bertz CT molecular complexity index is 609. The van der Waals surface area contributed by atoms with E-state index in [0.29, 0.717) is 0 Å². The summed E-state index contributed by atoms with van der Waals surface area (Å²) in [6.45, 7) is 5.81. The summed E-state index contributed by atoms with van der Waals surface area (Å²) in [6, 6.07) is 12.0. The van der Waals surface area contributed by atoms with Crippen molar-refractivity contribution in [2.45, 2.75) is 6.42 Å². The largest absolute Gasteiger partial charge is 0.399 e. The Kier molecular flexibility index (Phi) is 5.45. The molecule has 1 aromatic heterocycles. The lowest BCUT2D eigenvalue weighted by molar-refractivity contribution is 0.0378. The highest BCUT2D eigenvalue weighted by Gasteiger charge is 2.10. The van der Waals surface area contributed by atoms with Gasteiger partial charge in [-0.1, -0.05) is 12.1 Å². The van der Waals surface area contributed by atoms with Crippen molar-refractivity contribution in [1.29, 1.82) is 0 Å². The molecule has 0 aliphatic carbocycles. The molecule has 1 fully saturated rings. The first-order chi connectivity index (χ1) is 11.3. The minimum Gasteiger partial charge on any atom is -0.399 e. The molecule has 1 saturated heterocycles. The molecular formula is C18H24N4O. The second-order valence-corrected chi connectivity index (χ2v) is 5.76. The highest BCUT2D eigenvalue weighted by molar-refractivity contribution is 5.75. The van der Waals surface area contributed by atoms with E-state index in [2.05, 4.69) is 21.3 Å². The Morgan fingerprint density at radius 1 is 1.13 bits per heavy atom. The molecular weight excluding hydrogens is 288 g/mol. The highest BCUT2D eigenvalue weighted by atomic mass is 16.5. The fourth-order valence-electron chi connectivity index (χ4n) is 2.78. The number of rotatable bonds is 6. The normalized spacial score (nSPS) is 15.5. The maximum Gasteiger partial charge on any atom is 0.133 e. The van der Waals surface area contributed by atoms with Crippen LogP contribution in [0.25, 0.3) is 11.1 Å². The van der Waals surface area contributed by atoms with Crippen LogP contribution >= 0.6 is 0 Å². The van der Waals surface area contributed by atoms with Crippen molar-refractivity contribution in [3.05, 3.63) is 42.6 Å². The van der Waals surface area contributed by atoms with E-state index < -0.39 is 0 Å². The van der Waals surface area contributed by atoms with Crippen LogP contribution < -0.4 is 11.1 Å². The molecule has 1 aliphatic heterocycles. The number of nitrogen functional groups attached to an aromatic ring is 1. The number of benzene rings is 1. The van der Waals surface area contributed by atoms with Crippen molar-refractivity contribution >= 4 is 11.5 Å². The minimum atomic E-state index is 0.776. The fourth-order valence-corrected chi connectivity index (χ4v) is 2.78. The van der Waals surface area contributed by atoms with Crippen molar-refractivity contribution in [1.82, 2.24) is 9.88 Å². The fraction of sp³-hybridized carbons (Fsp3) is 0.389. The zero-order chi connectivity index (χ0) is 15.9. The molecule has 2 aromatic rings. The van der Waals surface area contributed by atoms with Crippen LogP contribution in [0.4, 0.5) is 11.5 Å². The van der Waals surface area contributed by atoms with Crippen LogP contribution in [0.1, 0.15) is 6.42 Å². The van der Waals surface area contributed by atoms with Crippen molar-refractivity contribution in [3.8, 4) is 11.1 Å². The zero-order valence-corrected chi connectivity index (χ0v) is 13.4. The number of nitrogens with two attached hydrogens (primary N) is 1. The van der Waals surface area contributed by atoms with Crippen LogP contribution in [0.15, 0.2) is 42.6 Å². The summed E-state index contributed by atoms with van der Waals surface area (Å²) in [5.74, 6) is 0.930. The third-order valence-corrected chi connectivity index (χ3v) is 4.08. The van der Waals surface area contributed by atoms with Crippen molar-refractivity contribution < 1.29 is 4.74 Å². The number of nitrogens with one attached hydrogen (secondary N) is 1. The Balaban J connectivity index is 1.56. The average molecular weight is 312 g/mol. The van der Waals surface area contributed by atoms with Gasteiger partial charge in [-0.05, 0) is 42.8 Å². The number of morpholine rings is 1. The molecule has 5 heteroatoms. The maximum absolute atomic E-state index is 5.77. The highest BCUT2D eigenvalue weighted by Crippen LogP contribution is 2.26. The van der Waals surface area contributed by atoms with E-state index in [-0.39, 0.29) is 0 Å². The van der Waals surface area contributed by atoms with Gasteiger partial charge < -0.3 is 15.8 Å². The predicted octanol–water partition coefficient (Wildman–Crippen LogP) is 2.47. The van der Waals surface area contributed by atoms with Crippen LogP contribution in [-0.4, -0.2) is 49.3 Å². The van der Waals surface area contributed by atoms with E-state index >= 15 is 0 Å². The van der Waals surface area contributed by atoms with E-state index in [9.17, 15) is 0 Å². The molecule has 2 heterocycles. The second kappa shape index (κ2) is 7.94. The molecule has 0 unspecified atom stereocenters. The van der Waals surface area contributed by atoms with Gasteiger partial charge in [-0.25, -0.2) is 4.98 Å². The minimum absolute atomic E-state index is 0.776. The summed E-state index contributed by atoms with van der Waals surface area (Å²) in [5, 5.41) is 3.47. The lowest BCUT2D eigenvalue weighted by Crippen LogP contribution is -2.37. The Morgan fingerprint density at radius 3 is 2.70 bits per heavy atom. The molecule has 1 aliphatic rings. The van der Waals surface area contributed by atoms with Crippen LogP contribution in [0, 0.1) is 0 Å². The third kappa shape index (κ3) is 4.43. The number of pyridine rings is 1. The first-order valence-electron chi connectivity index (χ1n) is 8.18. The lowest BCUT2D eigenvalue weighted by Gasteiger charge is -2.26. The van der Waals surface area contributed by atoms with Gasteiger partial charge >= 0.3 is 0 Å². The number of nitrogens with zero attached hydrogens (tertiary/aromatic N) is 2. The summed E-state index contributed by atoms with van der Waals surface area (Å²) in [6.07, 6.45) is 2.92. The molecule has 0 radical (unpaired) electrons. The summed E-state index contributed by atoms with van der Waals surface area (Å²) in [5.41, 5.74) is 8.78. The van der Waals surface area contributed by atoms with Crippen molar-refractivity contribution in [2.75, 3.05) is 50.4 Å². The van der Waals surface area contributed by atoms with Gasteiger partial charge in [0.1, 0.15) is 5.82 Å². The van der Waals surface area contributed by atoms with Gasteiger partial charge in [0, 0.05) is 37.1 Å². The van der Waals surface area contributed by atoms with Gasteiger partial charge in [0.2, 0.25) is 0 Å². The summed E-state index contributed by atoms with van der Waals surface area (Å²) >= 11 is 0. The Labute approximate surface area is 137 Å². The molecule has 3 rings (SSSR count). The Hall–Kier alpha value is -2.11. The standard InChI is InChI=1S/C18H24N4O/c19-16-6-4-15(5-7-16)17-3-1-8-20-18(17)21-9-2-10-22-11-13-23-14-12-22/h1,3-8H,2,9-14,19H2,(H,20,21). The van der Waals surface area contributed by atoms with Gasteiger partial charge in [0.25, 0.3) is 0 Å². The molecule has 1 aromatic carbocycles. The Morgan fingerprint density at radius 2 is 1.91 bits per heavy atom. The number of anilines is 2. The zero-order valence-electron chi connectivity index (χ0n) is 13.4. The van der Waals surface area contributed by atoms with E-state index in [1.807, 2.05) is 36.5 Å². The summed E-state index contributed by atoms with van der Waals surface area (Å²) in [4.78, 5) is 6.93. The monoisotopic (exact) mass is 312 g/mol. The average Bonchev–Trinajstić information content (AvgIpc) is 2.61. The molecule has 122 valence electrons. The third-order valence-electron chi connectivity index (χ3n) is 4.08. The van der Waals surface area contributed by atoms with Crippen LogP contribution in [0.2, 0.25) is 0 Å². The van der Waals surface area contributed by atoms with Gasteiger partial charge in [-0.3, -0.25) is 4.90 Å². The van der Waals surface area contributed by atoms with Gasteiger partial charge in [0.05, 0.1) is 13.2 Å². The smallest absolute Gasteiger partial charge is 0.133 e. The van der Waals surface area contributed by atoms with E-state index in [0.717, 1.165) is 68.4 Å². The maximum atomic E-state index is 5.77. The molecule has 0 bridgehead atoms. The quantitative estimate of drug-likeness (QED) is 0.634. The summed E-state index contributed by atoms with van der Waals surface area (Å²) in [7, 11) is 0. The van der Waals surface area contributed by atoms with Crippen LogP contribution in [0.5, 0.6) is 0 Å². The molecule has 0 saturated carbocycles. The second-order valence-electron chi connectivity index (χ2n) is 5.76. The lowest BCUT2D eigenvalue weighted by atomic mass is 10.1. The molecule has 0 atom stereocenters. The van der Waals surface area contributed by atoms with E-state index in [1.165, 1.54) is 0 Å². The number of ether oxygens (including phenoxy) is 1. The number of hydrogen-bond donors (Lipinski definition) is 2. The van der Waals surface area contributed by atoms with E-state index in [4.69, 9.17) is 10.5 Å². The number of aromatic nitrogens is 1. The number of hydrogen-bond acceptors (Lipinski definition) is 5. The van der Waals surface area contributed by atoms with Crippen molar-refractivity contribution in [3.63, 3.8) is 0 Å². The molecule has 5 nitrogen and oxygen atoms in total. The topological polar surface area (TPSA) is 63.4 Å². The molecule has 0 spiro atoms. The first kappa shape index (κ1) is 15.8. The molecule has 0 amide bonds. The van der Waals surface area contributed by atoms with Gasteiger partial charge in [-0.2, -0.15) is 0 Å². The molecule has 23 heavy (non-hydrogen) atoms. The molecule has 3 N–H and O–H groups in total. The van der Waals surface area contributed by atoms with Gasteiger partial charge in [0.15, 0.2) is 0 Å². The van der Waals surface area contributed by atoms with Gasteiger partial charge in [-0.15, -0.1) is 0 Å². The predicted molar refractivity (Wildman–Crippen MR) is 94.5 cm³/mol. The van der Waals surface area contributed by atoms with Crippen LogP contribution in [0.3, 0.4) is 0 Å².